The van der Waals surface area contributed by atoms with Crippen LogP contribution < -0.4 is 10.2 Å². The molecule has 1 amide bonds. The Morgan fingerprint density at radius 3 is 2.27 bits per heavy atom. The Morgan fingerprint density at radius 2 is 1.69 bits per heavy atom. The van der Waals surface area contributed by atoms with E-state index >= 15 is 0 Å². The van der Waals surface area contributed by atoms with Gasteiger partial charge in [0.1, 0.15) is 5.82 Å². The molecule has 6 nitrogen and oxygen atoms in total. The van der Waals surface area contributed by atoms with Crippen LogP contribution in [0.3, 0.4) is 0 Å². The Balaban J connectivity index is 1.61. The number of aromatic nitrogens is 2. The third kappa shape index (κ3) is 4.28. The molecule has 0 radical (unpaired) electrons. The molecule has 1 aromatic carbocycles. The smallest absolute Gasteiger partial charge is 0.257 e. The molecule has 0 unspecified atom stereocenters. The molecule has 3 rings (SSSR count). The number of carbonyl (C=O) groups is 1. The summed E-state index contributed by atoms with van der Waals surface area (Å²) in [5, 5.41) is 3.17. The molecule has 1 fully saturated rings. The largest absolute Gasteiger partial charge is 0.366 e. The Labute approximate surface area is 153 Å². The monoisotopic (exact) mass is 357 g/mol. The second kappa shape index (κ2) is 7.27. The van der Waals surface area contributed by atoms with Crippen molar-refractivity contribution in [3.05, 3.63) is 48.0 Å². The summed E-state index contributed by atoms with van der Waals surface area (Å²) in [7, 11) is 0. The van der Waals surface area contributed by atoms with Gasteiger partial charge in [-0.05, 0) is 32.9 Å². The zero-order valence-corrected chi connectivity index (χ0v) is 15.4. The highest BCUT2D eigenvalue weighted by atomic mass is 19.1. The molecule has 2 heterocycles. The van der Waals surface area contributed by atoms with E-state index in [0.29, 0.717) is 43.4 Å². The van der Waals surface area contributed by atoms with E-state index in [1.165, 1.54) is 6.07 Å². The molecule has 1 aromatic heterocycles. The summed E-state index contributed by atoms with van der Waals surface area (Å²) in [5.74, 6) is 0.168. The number of para-hydroxylation sites is 1. The second-order valence-corrected chi connectivity index (χ2v) is 7.40. The fourth-order valence-electron chi connectivity index (χ4n) is 2.88. The van der Waals surface area contributed by atoms with Crippen LogP contribution >= 0.6 is 0 Å². The summed E-state index contributed by atoms with van der Waals surface area (Å²) >= 11 is 0. The first-order valence-corrected chi connectivity index (χ1v) is 8.72. The zero-order chi connectivity index (χ0) is 18.7. The standard InChI is InChI=1S/C19H24FN5O/c1-19(2,3)23-18-21-12-14(13-22-18)17(26)25-10-8-24(9-11-25)16-7-5-4-6-15(16)20/h4-7,12-13H,8-11H2,1-3H3,(H,21,22,23). The highest BCUT2D eigenvalue weighted by Crippen LogP contribution is 2.20. The molecular weight excluding hydrogens is 333 g/mol. The van der Waals surface area contributed by atoms with Crippen LogP contribution in [-0.4, -0.2) is 52.5 Å². The number of nitrogens with zero attached hydrogens (tertiary/aromatic N) is 4. The summed E-state index contributed by atoms with van der Waals surface area (Å²) in [6, 6.07) is 6.72. The molecule has 1 saturated heterocycles. The normalized spacial score (nSPS) is 15.1. The number of nitrogens with one attached hydrogen (secondary N) is 1. The van der Waals surface area contributed by atoms with Crippen molar-refractivity contribution in [3.63, 3.8) is 0 Å². The fourth-order valence-corrected chi connectivity index (χ4v) is 2.88. The average molecular weight is 357 g/mol. The van der Waals surface area contributed by atoms with E-state index in [1.807, 2.05) is 31.7 Å². The molecule has 1 aliphatic heterocycles. The molecule has 0 spiro atoms. The Hall–Kier alpha value is -2.70. The van der Waals surface area contributed by atoms with E-state index in [9.17, 15) is 9.18 Å². The van der Waals surface area contributed by atoms with Crippen LogP contribution in [0.1, 0.15) is 31.1 Å². The minimum absolute atomic E-state index is 0.0968. The van der Waals surface area contributed by atoms with Gasteiger partial charge in [-0.2, -0.15) is 0 Å². The minimum Gasteiger partial charge on any atom is -0.366 e. The number of benzene rings is 1. The van der Waals surface area contributed by atoms with Gasteiger partial charge in [0.05, 0.1) is 11.3 Å². The van der Waals surface area contributed by atoms with E-state index in [0.717, 1.165) is 0 Å². The van der Waals surface area contributed by atoms with Gasteiger partial charge in [0.2, 0.25) is 5.95 Å². The molecule has 0 saturated carbocycles. The van der Waals surface area contributed by atoms with E-state index in [-0.39, 0.29) is 17.3 Å². The van der Waals surface area contributed by atoms with Crippen molar-refractivity contribution in [1.29, 1.82) is 0 Å². The van der Waals surface area contributed by atoms with Crippen LogP contribution in [0.5, 0.6) is 0 Å². The van der Waals surface area contributed by atoms with Crippen molar-refractivity contribution in [2.24, 2.45) is 0 Å². The van der Waals surface area contributed by atoms with Crippen LogP contribution in [0.4, 0.5) is 16.0 Å². The van der Waals surface area contributed by atoms with Crippen molar-refractivity contribution < 1.29 is 9.18 Å². The van der Waals surface area contributed by atoms with Crippen molar-refractivity contribution >= 4 is 17.5 Å². The zero-order valence-electron chi connectivity index (χ0n) is 15.4. The second-order valence-electron chi connectivity index (χ2n) is 7.40. The van der Waals surface area contributed by atoms with Crippen LogP contribution in [0.15, 0.2) is 36.7 Å². The topological polar surface area (TPSA) is 61.4 Å². The lowest BCUT2D eigenvalue weighted by Gasteiger charge is -2.36. The third-order valence-corrected chi connectivity index (χ3v) is 4.15. The fraction of sp³-hybridized carbons (Fsp3) is 0.421. The van der Waals surface area contributed by atoms with E-state index in [2.05, 4.69) is 15.3 Å². The van der Waals surface area contributed by atoms with Crippen LogP contribution in [0.25, 0.3) is 0 Å². The van der Waals surface area contributed by atoms with Gasteiger partial charge in [0.15, 0.2) is 0 Å². The minimum atomic E-state index is -0.234. The van der Waals surface area contributed by atoms with Gasteiger partial charge in [0.25, 0.3) is 5.91 Å². The molecule has 0 bridgehead atoms. The van der Waals surface area contributed by atoms with Crippen LogP contribution in [0, 0.1) is 5.82 Å². The molecule has 1 aliphatic rings. The third-order valence-electron chi connectivity index (χ3n) is 4.15. The van der Waals surface area contributed by atoms with E-state index in [4.69, 9.17) is 0 Å². The quantitative estimate of drug-likeness (QED) is 0.915. The molecule has 138 valence electrons. The first-order valence-electron chi connectivity index (χ1n) is 8.72. The van der Waals surface area contributed by atoms with Crippen LogP contribution in [-0.2, 0) is 0 Å². The molecular formula is C19H24FN5O. The summed E-state index contributed by atoms with van der Waals surface area (Å²) in [6.45, 7) is 8.32. The average Bonchev–Trinajstić information content (AvgIpc) is 2.61. The molecule has 2 aromatic rings. The number of piperazine rings is 1. The van der Waals surface area contributed by atoms with Gasteiger partial charge >= 0.3 is 0 Å². The van der Waals surface area contributed by atoms with Crippen molar-refractivity contribution in [2.75, 3.05) is 36.4 Å². The first kappa shape index (κ1) is 18.1. The van der Waals surface area contributed by atoms with Crippen molar-refractivity contribution in [1.82, 2.24) is 14.9 Å². The number of hydrogen-bond acceptors (Lipinski definition) is 5. The van der Waals surface area contributed by atoms with E-state index < -0.39 is 0 Å². The molecule has 7 heteroatoms. The Kier molecular flexibility index (Phi) is 5.06. The molecule has 1 N–H and O–H groups in total. The van der Waals surface area contributed by atoms with Gasteiger partial charge in [0, 0.05) is 44.1 Å². The predicted octanol–water partition coefficient (Wildman–Crippen LogP) is 2.79. The maximum Gasteiger partial charge on any atom is 0.257 e. The van der Waals surface area contributed by atoms with Gasteiger partial charge in [-0.15, -0.1) is 0 Å². The first-order chi connectivity index (χ1) is 12.3. The number of hydrogen-bond donors (Lipinski definition) is 1. The van der Waals surface area contributed by atoms with Gasteiger partial charge in [-0.1, -0.05) is 12.1 Å². The molecule has 0 atom stereocenters. The Bertz CT molecular complexity index is 764. The molecule has 26 heavy (non-hydrogen) atoms. The highest BCUT2D eigenvalue weighted by molar-refractivity contribution is 5.93. The van der Waals surface area contributed by atoms with Gasteiger partial charge < -0.3 is 15.1 Å². The maximum atomic E-state index is 13.9. The van der Waals surface area contributed by atoms with Gasteiger partial charge in [-0.3, -0.25) is 4.79 Å². The number of halogens is 1. The van der Waals surface area contributed by atoms with E-state index in [1.54, 1.807) is 29.4 Å². The number of anilines is 2. The summed E-state index contributed by atoms with van der Waals surface area (Å²) in [6.07, 6.45) is 3.10. The summed E-state index contributed by atoms with van der Waals surface area (Å²) in [5.41, 5.74) is 0.901. The van der Waals surface area contributed by atoms with Gasteiger partial charge in [-0.25, -0.2) is 14.4 Å². The maximum absolute atomic E-state index is 13.9. The lowest BCUT2D eigenvalue weighted by Crippen LogP contribution is -2.49. The number of amides is 1. The predicted molar refractivity (Wildman–Crippen MR) is 99.9 cm³/mol. The van der Waals surface area contributed by atoms with Crippen LogP contribution in [0.2, 0.25) is 0 Å². The van der Waals surface area contributed by atoms with Crippen molar-refractivity contribution in [3.8, 4) is 0 Å². The lowest BCUT2D eigenvalue weighted by molar-refractivity contribution is 0.0746. The number of carbonyl (C=O) groups excluding carboxylic acids is 1. The molecule has 0 aliphatic carbocycles. The number of rotatable bonds is 3. The van der Waals surface area contributed by atoms with Crippen molar-refractivity contribution in [2.45, 2.75) is 26.3 Å². The summed E-state index contributed by atoms with van der Waals surface area (Å²) < 4.78 is 13.9. The SMILES string of the molecule is CC(C)(C)Nc1ncc(C(=O)N2CCN(c3ccccc3F)CC2)cn1. The Morgan fingerprint density at radius 1 is 1.08 bits per heavy atom. The summed E-state index contributed by atoms with van der Waals surface area (Å²) in [4.78, 5) is 24.8. The highest BCUT2D eigenvalue weighted by Gasteiger charge is 2.24. The lowest BCUT2D eigenvalue weighted by atomic mass is 10.1.